The van der Waals surface area contributed by atoms with Crippen molar-refractivity contribution in [2.24, 2.45) is 51.0 Å². The Morgan fingerprint density at radius 2 is 1.08 bits per heavy atom. The number of primary amides is 3. The van der Waals surface area contributed by atoms with Crippen molar-refractivity contribution in [2.75, 3.05) is 58.8 Å². The van der Waals surface area contributed by atoms with E-state index in [-0.39, 0.29) is 83.0 Å². The van der Waals surface area contributed by atoms with E-state index in [1.807, 2.05) is 20.1 Å². The van der Waals surface area contributed by atoms with Crippen molar-refractivity contribution in [2.45, 2.75) is 183 Å². The Hall–Kier alpha value is -8.91. The number of aliphatic imine (C=N–C) groups is 1. The minimum atomic E-state index is -1.64. The molecular weight excluding hydrogens is 1270 g/mol. The minimum Gasteiger partial charge on any atom is -0.370 e. The van der Waals surface area contributed by atoms with Gasteiger partial charge >= 0.3 is 0 Å². The predicted octanol–water partition coefficient (Wildman–Crippen LogP) is -3.03. The highest BCUT2D eigenvalue weighted by molar-refractivity contribution is 7.98. The zero-order valence-electron chi connectivity index (χ0n) is 56.4. The lowest BCUT2D eigenvalue weighted by molar-refractivity contribution is -0.147. The molecule has 2 aliphatic rings. The monoisotopic (exact) mass is 1370 g/mol. The molecule has 0 radical (unpaired) electrons. The Bertz CT molecular complexity index is 3030. The Morgan fingerprint density at radius 1 is 0.577 bits per heavy atom. The molecule has 0 aliphatic carbocycles. The summed E-state index contributed by atoms with van der Waals surface area (Å²) in [7, 11) is 2.70. The molecule has 0 spiro atoms. The number of nitrogens with zero attached hydrogens (tertiary/aromatic N) is 5. The van der Waals surface area contributed by atoms with Gasteiger partial charge in [-0.25, -0.2) is 0 Å². The third-order valence-corrected chi connectivity index (χ3v) is 17.4. The zero-order chi connectivity index (χ0) is 71.9. The van der Waals surface area contributed by atoms with E-state index in [9.17, 15) is 57.5 Å². The van der Waals surface area contributed by atoms with E-state index in [0.29, 0.717) is 55.4 Å². The first-order valence-corrected chi connectivity index (χ1v) is 34.3. The van der Waals surface area contributed by atoms with Crippen molar-refractivity contribution in [3.63, 3.8) is 0 Å². The van der Waals surface area contributed by atoms with Crippen LogP contribution in [-0.2, 0) is 75.2 Å². The molecule has 31 nitrogen and oxygen atoms in total. The van der Waals surface area contributed by atoms with Crippen molar-refractivity contribution in [1.29, 1.82) is 0 Å². The van der Waals surface area contributed by atoms with Gasteiger partial charge in [-0.15, -0.1) is 0 Å². The van der Waals surface area contributed by atoms with Crippen molar-refractivity contribution in [3.05, 3.63) is 71.8 Å². The van der Waals surface area contributed by atoms with Crippen LogP contribution in [0.5, 0.6) is 0 Å². The maximum Gasteiger partial charge on any atom is 0.245 e. The number of likely N-dealkylation sites (tertiary alicyclic amines) is 2. The Kier molecular flexibility index (Phi) is 34.2. The number of benzene rings is 2. The summed E-state index contributed by atoms with van der Waals surface area (Å²) < 4.78 is 0. The number of thioether (sulfide) groups is 1. The van der Waals surface area contributed by atoms with Crippen LogP contribution < -0.4 is 72.0 Å². The molecule has 536 valence electrons. The number of nitrogens with one attached hydrogen (secondary N) is 6. The van der Waals surface area contributed by atoms with Gasteiger partial charge in [-0.3, -0.25) is 67.3 Å². The summed E-state index contributed by atoms with van der Waals surface area (Å²) in [6, 6.07) is 4.80. The van der Waals surface area contributed by atoms with E-state index in [1.54, 1.807) is 60.7 Å². The van der Waals surface area contributed by atoms with Crippen LogP contribution in [0, 0.1) is 5.92 Å². The molecule has 0 saturated carbocycles. The molecule has 97 heavy (non-hydrogen) atoms. The summed E-state index contributed by atoms with van der Waals surface area (Å²) in [4.78, 5) is 189. The molecular formula is C65H102N18O13S. The second-order valence-corrected chi connectivity index (χ2v) is 26.0. The fourth-order valence-corrected chi connectivity index (χ4v) is 12.0. The largest absolute Gasteiger partial charge is 0.370 e. The highest BCUT2D eigenvalue weighted by Gasteiger charge is 2.43. The van der Waals surface area contributed by atoms with Crippen LogP contribution in [0.4, 0.5) is 0 Å². The number of hydrogen-bond acceptors (Lipinski definition) is 17. The number of unbranched alkanes of at least 4 members (excludes halogenated alkanes) is 1. The Morgan fingerprint density at radius 3 is 1.60 bits per heavy atom. The maximum atomic E-state index is 15.2. The summed E-state index contributed by atoms with van der Waals surface area (Å²) in [6.07, 6.45) is 3.19. The van der Waals surface area contributed by atoms with Gasteiger partial charge in [-0.05, 0) is 119 Å². The quantitative estimate of drug-likeness (QED) is 0.0179. The fourth-order valence-electron chi connectivity index (χ4n) is 11.6. The molecule has 2 fully saturated rings. The Balaban J connectivity index is 1.60. The second kappa shape index (κ2) is 41.3. The number of likely N-dealkylation sites (N-methyl/N-ethyl adjacent to an activating group) is 2. The molecule has 0 unspecified atom stereocenters. The third-order valence-electron chi connectivity index (χ3n) is 16.8. The van der Waals surface area contributed by atoms with E-state index in [1.165, 1.54) is 35.7 Å². The number of hydrogen-bond donors (Lipinski definition) is 13. The minimum absolute atomic E-state index is 0.0741. The highest BCUT2D eigenvalue weighted by Crippen LogP contribution is 2.24. The number of amides is 13. The van der Waals surface area contributed by atoms with Gasteiger partial charge < -0.3 is 91.6 Å². The summed E-state index contributed by atoms with van der Waals surface area (Å²) in [5, 5.41) is 16.1. The molecule has 13 amide bonds. The van der Waals surface area contributed by atoms with Crippen molar-refractivity contribution in [3.8, 4) is 0 Å². The average molecular weight is 1380 g/mol. The van der Waals surface area contributed by atoms with Gasteiger partial charge in [0.25, 0.3) is 0 Å². The molecule has 2 saturated heterocycles. The molecule has 32 heteroatoms. The highest BCUT2D eigenvalue weighted by atomic mass is 32.2. The molecule has 2 aliphatic heterocycles. The van der Waals surface area contributed by atoms with Crippen LogP contribution in [-0.4, -0.2) is 222 Å². The Labute approximate surface area is 571 Å². The first-order chi connectivity index (χ1) is 46.1. The van der Waals surface area contributed by atoms with Crippen LogP contribution >= 0.6 is 11.8 Å². The van der Waals surface area contributed by atoms with Gasteiger partial charge in [0.2, 0.25) is 76.8 Å². The van der Waals surface area contributed by atoms with E-state index in [2.05, 4.69) is 36.9 Å². The average Bonchev–Trinajstić information content (AvgIpc) is 1.82. The second-order valence-electron chi connectivity index (χ2n) is 25.0. The number of guanidine groups is 1. The summed E-state index contributed by atoms with van der Waals surface area (Å²) in [6.45, 7) is 3.97. The standard InChI is InChI=1S/C65H102N18O13S/c1-39(2)35-47(58(90)75-43(55(70)87)29-34-97-5)74-54(86)38-80(3)64(96)51(37-41-19-10-7-11-20-41)81(4)62(94)48(36-40-17-8-6-9-18-40)79-57(89)44(25-27-52(68)84)76-56(88)45(26-28-53(69)85)77-59(91)50-24-16-33-83(50)63(95)46(22-12-13-30-66)78-60(92)49-23-15-32-82(49)61(93)42(67)21-14-31-73-65(71)72/h6-11,17-20,39,42-51H,12-16,21-38,66-67H2,1-5H3,(H2,68,84)(H2,69,85)(H2,70,87)(H,74,86)(H,75,90)(H,76,88)(H,77,91)(H,78,92)(H,79,89)(H4,71,72,73)/t42-,43-,44-,45-,46-,47-,48-,49-,50-,51-/m0/s1. The van der Waals surface area contributed by atoms with E-state index < -0.39 is 169 Å². The van der Waals surface area contributed by atoms with Gasteiger partial charge in [0.1, 0.15) is 54.4 Å². The molecule has 2 aromatic rings. The van der Waals surface area contributed by atoms with Crippen LogP contribution in [0.3, 0.4) is 0 Å². The van der Waals surface area contributed by atoms with Crippen molar-refractivity contribution < 1.29 is 62.3 Å². The predicted molar refractivity (Wildman–Crippen MR) is 365 cm³/mol. The van der Waals surface area contributed by atoms with E-state index >= 15 is 4.79 Å². The molecule has 4 rings (SSSR count). The van der Waals surface area contributed by atoms with Crippen LogP contribution in [0.15, 0.2) is 65.7 Å². The molecule has 10 atom stereocenters. The number of carbonyl (C=O) groups is 13. The van der Waals surface area contributed by atoms with Crippen LogP contribution in [0.25, 0.3) is 0 Å². The van der Waals surface area contributed by atoms with Crippen molar-refractivity contribution >= 4 is 94.5 Å². The smallest absolute Gasteiger partial charge is 0.245 e. The third kappa shape index (κ3) is 26.9. The van der Waals surface area contributed by atoms with Gasteiger partial charge in [0.15, 0.2) is 5.96 Å². The topological polar surface area (TPSA) is 502 Å². The SMILES string of the molecule is CSCC[C@H](NC(=O)[C@H](CC(C)C)NC(=O)CN(C)C(=O)[C@H](Cc1ccccc1)N(C)C(=O)[C@H](Cc1ccccc1)NC(=O)[C@H](CCC(N)=O)NC(=O)[C@H](CCC(N)=O)NC(=O)[C@@H]1CCCN1C(=O)[C@H](CCCCN)NC(=O)[C@@H]1CCCN1C(=O)[C@@H](N)CCCN=C(N)N)C(N)=O. The normalized spacial score (nSPS) is 16.7. The zero-order valence-corrected chi connectivity index (χ0v) is 57.2. The number of carbonyl (C=O) groups excluding carboxylic acids is 13. The lowest BCUT2D eigenvalue weighted by atomic mass is 10.00. The van der Waals surface area contributed by atoms with Crippen LogP contribution in [0.1, 0.15) is 121 Å². The first kappa shape index (κ1) is 80.5. The molecule has 0 aromatic heterocycles. The first-order valence-electron chi connectivity index (χ1n) is 32.9. The summed E-state index contributed by atoms with van der Waals surface area (Å²) >= 11 is 1.46. The van der Waals surface area contributed by atoms with E-state index in [0.717, 1.165) is 9.80 Å². The number of rotatable bonds is 42. The lowest BCUT2D eigenvalue weighted by Gasteiger charge is -2.34. The number of nitrogens with two attached hydrogens (primary N) is 7. The molecule has 2 aromatic carbocycles. The molecule has 2 heterocycles. The van der Waals surface area contributed by atoms with Crippen LogP contribution in [0.2, 0.25) is 0 Å². The fraction of sp³-hybridized carbons (Fsp3) is 0.600. The molecule has 20 N–H and O–H groups in total. The maximum absolute atomic E-state index is 15.2. The van der Waals surface area contributed by atoms with Crippen molar-refractivity contribution in [1.82, 2.24) is 51.5 Å². The van der Waals surface area contributed by atoms with Gasteiger partial charge in [-0.2, -0.15) is 11.8 Å². The van der Waals surface area contributed by atoms with Gasteiger partial charge in [-0.1, -0.05) is 74.5 Å². The van der Waals surface area contributed by atoms with Gasteiger partial charge in [0, 0.05) is 59.4 Å². The summed E-state index contributed by atoms with van der Waals surface area (Å²) in [5.74, 6) is -9.49. The molecule has 0 bridgehead atoms. The van der Waals surface area contributed by atoms with Gasteiger partial charge in [0.05, 0.1) is 12.6 Å². The van der Waals surface area contributed by atoms with E-state index in [4.69, 9.17) is 40.1 Å². The lowest BCUT2D eigenvalue weighted by Crippen LogP contribution is -2.60. The summed E-state index contributed by atoms with van der Waals surface area (Å²) in [5.41, 5.74) is 40.8.